The summed E-state index contributed by atoms with van der Waals surface area (Å²) in [5.41, 5.74) is 6.27. The Hall–Kier alpha value is -2.30. The zero-order chi connectivity index (χ0) is 18.2. The summed E-state index contributed by atoms with van der Waals surface area (Å²) in [5.74, 6) is 0. The van der Waals surface area contributed by atoms with Crippen molar-refractivity contribution in [2.75, 3.05) is 19.6 Å². The molecule has 1 N–H and O–H groups in total. The molecule has 0 fully saturated rings. The molecule has 1 aliphatic heterocycles. The molecule has 0 saturated heterocycles. The lowest BCUT2D eigenvalue weighted by molar-refractivity contribution is 0.306. The number of nitrogens with zero attached hydrogens (tertiary/aromatic N) is 1. The molecule has 0 aliphatic carbocycles. The number of H-pyrrole nitrogens is 1. The fraction of sp³-hybridized carbons (Fsp3) is 0.217. The minimum absolute atomic E-state index is 0.998. The molecule has 4 heteroatoms. The third-order valence-corrected chi connectivity index (χ3v) is 6.04. The fourth-order valence-electron chi connectivity index (χ4n) is 4.04. The van der Waals surface area contributed by atoms with Crippen LogP contribution in [0.2, 0.25) is 0 Å². The maximum atomic E-state index is 5.71. The van der Waals surface area contributed by atoms with Gasteiger partial charge in [-0.05, 0) is 48.2 Å². The van der Waals surface area contributed by atoms with Crippen LogP contribution < -0.4 is 0 Å². The average Bonchev–Trinajstić information content (AvgIpc) is 3.33. The molecule has 3 nitrogen and oxygen atoms in total. The van der Waals surface area contributed by atoms with Gasteiger partial charge in [0, 0.05) is 52.2 Å². The number of rotatable bonds is 4. The minimum atomic E-state index is 0.998. The maximum Gasteiger partial charge on any atom is 0.141 e. The van der Waals surface area contributed by atoms with Crippen molar-refractivity contribution < 1.29 is 4.42 Å². The van der Waals surface area contributed by atoms with Gasteiger partial charge in [0.2, 0.25) is 0 Å². The summed E-state index contributed by atoms with van der Waals surface area (Å²) in [7, 11) is 0. The first-order valence-corrected chi connectivity index (χ1v) is 10.2. The smallest absolute Gasteiger partial charge is 0.141 e. The van der Waals surface area contributed by atoms with E-state index in [4.69, 9.17) is 4.42 Å². The lowest BCUT2D eigenvalue weighted by Crippen LogP contribution is -2.30. The first-order chi connectivity index (χ1) is 13.3. The number of aromatic nitrogens is 1. The van der Waals surface area contributed by atoms with Crippen LogP contribution in [0.25, 0.3) is 27.4 Å². The van der Waals surface area contributed by atoms with Crippen LogP contribution in [-0.4, -0.2) is 29.5 Å². The van der Waals surface area contributed by atoms with Crippen LogP contribution >= 0.6 is 15.9 Å². The van der Waals surface area contributed by atoms with Gasteiger partial charge in [-0.1, -0.05) is 40.2 Å². The molecule has 0 radical (unpaired) electrons. The molecular weight excluding hydrogens is 400 g/mol. The predicted molar refractivity (Wildman–Crippen MR) is 115 cm³/mol. The molecule has 0 saturated carbocycles. The molecule has 0 atom stereocenters. The van der Waals surface area contributed by atoms with E-state index < -0.39 is 0 Å². The second-order valence-electron chi connectivity index (χ2n) is 7.18. The summed E-state index contributed by atoms with van der Waals surface area (Å²) in [6.45, 7) is 3.17. The van der Waals surface area contributed by atoms with Crippen LogP contribution in [0.4, 0.5) is 0 Å². The molecule has 0 bridgehead atoms. The van der Waals surface area contributed by atoms with Crippen molar-refractivity contribution in [3.05, 3.63) is 76.6 Å². The minimum Gasteiger partial charge on any atom is -0.464 e. The first kappa shape index (κ1) is 16.8. The molecule has 0 amide bonds. The Labute approximate surface area is 166 Å². The summed E-state index contributed by atoms with van der Waals surface area (Å²) in [6, 6.07) is 14.9. The zero-order valence-corrected chi connectivity index (χ0v) is 16.6. The molecule has 5 rings (SSSR count). The lowest BCUT2D eigenvalue weighted by atomic mass is 9.97. The molecule has 4 aromatic rings. The zero-order valence-electron chi connectivity index (χ0n) is 15.0. The Morgan fingerprint density at radius 3 is 3.00 bits per heavy atom. The van der Waals surface area contributed by atoms with Gasteiger partial charge in [0.1, 0.15) is 5.58 Å². The number of nitrogens with one attached hydrogen (secondary N) is 1. The average molecular weight is 421 g/mol. The summed E-state index contributed by atoms with van der Waals surface area (Å²) in [6.07, 6.45) is 8.43. The highest BCUT2D eigenvalue weighted by Crippen LogP contribution is 2.30. The highest BCUT2D eigenvalue weighted by Gasteiger charge is 2.16. The number of furan rings is 1. The van der Waals surface area contributed by atoms with Gasteiger partial charge in [-0.15, -0.1) is 0 Å². The van der Waals surface area contributed by atoms with Crippen molar-refractivity contribution in [3.63, 3.8) is 0 Å². The van der Waals surface area contributed by atoms with Crippen molar-refractivity contribution in [2.45, 2.75) is 12.8 Å². The van der Waals surface area contributed by atoms with E-state index in [2.05, 4.69) is 74.5 Å². The maximum absolute atomic E-state index is 5.71. The molecule has 136 valence electrons. The number of hydrogen-bond acceptors (Lipinski definition) is 2. The second-order valence-corrected chi connectivity index (χ2v) is 8.09. The number of benzene rings is 2. The molecule has 0 unspecified atom stereocenters. The van der Waals surface area contributed by atoms with Crippen molar-refractivity contribution in [1.82, 2.24) is 9.88 Å². The van der Waals surface area contributed by atoms with Crippen molar-refractivity contribution in [3.8, 4) is 0 Å². The Kier molecular flexibility index (Phi) is 4.38. The Morgan fingerprint density at radius 1 is 1.15 bits per heavy atom. The number of halogens is 1. The van der Waals surface area contributed by atoms with Gasteiger partial charge in [-0.2, -0.15) is 0 Å². The van der Waals surface area contributed by atoms with E-state index >= 15 is 0 Å². The van der Waals surface area contributed by atoms with Crippen molar-refractivity contribution in [2.24, 2.45) is 0 Å². The molecule has 27 heavy (non-hydrogen) atoms. The first-order valence-electron chi connectivity index (χ1n) is 9.41. The number of fused-ring (bicyclic) bond motifs is 2. The van der Waals surface area contributed by atoms with Gasteiger partial charge in [-0.25, -0.2) is 0 Å². The number of hydrogen-bond donors (Lipinski definition) is 1. The van der Waals surface area contributed by atoms with Gasteiger partial charge in [0.05, 0.1) is 6.26 Å². The quantitative estimate of drug-likeness (QED) is 0.438. The molecule has 2 aromatic heterocycles. The van der Waals surface area contributed by atoms with E-state index in [-0.39, 0.29) is 0 Å². The summed E-state index contributed by atoms with van der Waals surface area (Å²) < 4.78 is 6.85. The van der Waals surface area contributed by atoms with E-state index in [1.54, 1.807) is 6.26 Å². The molecular formula is C23H21BrN2O. The Balaban J connectivity index is 1.29. The van der Waals surface area contributed by atoms with Gasteiger partial charge >= 0.3 is 0 Å². The number of aromatic amines is 1. The summed E-state index contributed by atoms with van der Waals surface area (Å²) in [4.78, 5) is 5.91. The molecule has 3 heterocycles. The topological polar surface area (TPSA) is 32.2 Å². The number of para-hydroxylation sites is 1. The van der Waals surface area contributed by atoms with Gasteiger partial charge in [0.25, 0.3) is 0 Å². The van der Waals surface area contributed by atoms with Crippen molar-refractivity contribution >= 4 is 43.4 Å². The predicted octanol–water partition coefficient (Wildman–Crippen LogP) is 6.01. The van der Waals surface area contributed by atoms with Gasteiger partial charge in [0.15, 0.2) is 0 Å². The SMILES string of the molecule is Brc1ccc2[nH]cc(CCN3CC=C(c4cccc5ccoc45)CC3)c2c1. The van der Waals surface area contributed by atoms with E-state index in [1.807, 2.05) is 6.07 Å². The highest BCUT2D eigenvalue weighted by molar-refractivity contribution is 9.10. The van der Waals surface area contributed by atoms with Crippen molar-refractivity contribution in [1.29, 1.82) is 0 Å². The summed E-state index contributed by atoms with van der Waals surface area (Å²) in [5, 5.41) is 2.50. The third-order valence-electron chi connectivity index (χ3n) is 5.55. The third kappa shape index (κ3) is 3.24. The largest absolute Gasteiger partial charge is 0.464 e. The molecule has 0 spiro atoms. The highest BCUT2D eigenvalue weighted by atomic mass is 79.9. The van der Waals surface area contributed by atoms with Crippen LogP contribution in [0.3, 0.4) is 0 Å². The van der Waals surface area contributed by atoms with Crippen LogP contribution in [0.5, 0.6) is 0 Å². The van der Waals surface area contributed by atoms with Crippen LogP contribution in [0.15, 0.2) is 69.9 Å². The van der Waals surface area contributed by atoms with Gasteiger partial charge in [-0.3, -0.25) is 4.90 Å². The van der Waals surface area contributed by atoms with Crippen LogP contribution in [0, 0.1) is 0 Å². The molecule has 2 aromatic carbocycles. The van der Waals surface area contributed by atoms with Crippen LogP contribution in [0.1, 0.15) is 17.5 Å². The fourth-order valence-corrected chi connectivity index (χ4v) is 4.40. The van der Waals surface area contributed by atoms with E-state index in [0.29, 0.717) is 0 Å². The van der Waals surface area contributed by atoms with Gasteiger partial charge < -0.3 is 9.40 Å². The Bertz CT molecular complexity index is 1140. The standard InChI is InChI=1S/C23H21BrN2O/c24-19-4-5-22-21(14-19)18(15-25-22)8-12-26-10-6-16(7-11-26)20-3-1-2-17-9-13-27-23(17)20/h1-6,9,13-15,25H,7-8,10-12H2. The Morgan fingerprint density at radius 2 is 2.11 bits per heavy atom. The monoisotopic (exact) mass is 420 g/mol. The van der Waals surface area contributed by atoms with Crippen LogP contribution in [-0.2, 0) is 6.42 Å². The van der Waals surface area contributed by atoms with E-state index in [0.717, 1.165) is 42.5 Å². The second kappa shape index (κ2) is 7.02. The lowest BCUT2D eigenvalue weighted by Gasteiger charge is -2.26. The molecule has 1 aliphatic rings. The van der Waals surface area contributed by atoms with E-state index in [9.17, 15) is 0 Å². The van der Waals surface area contributed by atoms with E-state index in [1.165, 1.54) is 33.0 Å². The normalized spacial score (nSPS) is 15.5. The summed E-state index contributed by atoms with van der Waals surface area (Å²) >= 11 is 3.58.